The zero-order valence-electron chi connectivity index (χ0n) is 29.4. The zero-order chi connectivity index (χ0) is 34.1. The molecule has 0 bridgehead atoms. The van der Waals surface area contributed by atoms with E-state index >= 15 is 4.39 Å². The van der Waals surface area contributed by atoms with Gasteiger partial charge in [0.05, 0.1) is 40.4 Å². The maximum absolute atomic E-state index is 17.3. The summed E-state index contributed by atoms with van der Waals surface area (Å²) in [4.78, 5) is 26.4. The van der Waals surface area contributed by atoms with Crippen LogP contribution < -0.4 is 4.90 Å². The van der Waals surface area contributed by atoms with Crippen LogP contribution in [-0.2, 0) is 4.79 Å². The Labute approximate surface area is 281 Å². The second kappa shape index (κ2) is 12.0. The van der Waals surface area contributed by atoms with Crippen molar-refractivity contribution in [3.8, 4) is 11.1 Å². The quantitative estimate of drug-likeness (QED) is 0.229. The highest BCUT2D eigenvalue weighted by atomic mass is 19.1. The fraction of sp³-hybridized carbons (Fsp3) is 0.459. The van der Waals surface area contributed by atoms with Crippen LogP contribution in [0.2, 0.25) is 0 Å². The first-order chi connectivity index (χ1) is 22.9. The minimum Gasteiger partial charge on any atom is -0.352 e. The summed E-state index contributed by atoms with van der Waals surface area (Å²) in [5, 5.41) is 14.9. The Kier molecular flexibility index (Phi) is 8.03. The maximum atomic E-state index is 17.3. The molecule has 5 heterocycles. The van der Waals surface area contributed by atoms with Crippen molar-refractivity contribution in [2.24, 2.45) is 0 Å². The summed E-state index contributed by atoms with van der Waals surface area (Å²) in [5.74, 6) is 0.491. The molecule has 0 aliphatic carbocycles. The molecule has 1 N–H and O–H groups in total. The molecule has 0 atom stereocenters. The summed E-state index contributed by atoms with van der Waals surface area (Å²) < 4.78 is 19.4. The van der Waals surface area contributed by atoms with Crippen LogP contribution in [0, 0.1) is 26.6 Å². The van der Waals surface area contributed by atoms with Gasteiger partial charge in [0.25, 0.3) is 0 Å². The smallest absolute Gasteiger partial charge is 0.246 e. The predicted molar refractivity (Wildman–Crippen MR) is 191 cm³/mol. The van der Waals surface area contributed by atoms with E-state index in [1.54, 1.807) is 12.3 Å². The number of pyridine rings is 1. The van der Waals surface area contributed by atoms with Crippen molar-refractivity contribution in [1.29, 1.82) is 0 Å². The largest absolute Gasteiger partial charge is 0.352 e. The molecule has 2 aromatic carbocycles. The molecule has 10 nitrogen and oxygen atoms in total. The summed E-state index contributed by atoms with van der Waals surface area (Å²) in [5.41, 5.74) is 6.51. The molecule has 0 radical (unpaired) electrons. The minimum atomic E-state index is -0.321. The number of hydrogen-bond acceptors (Lipinski definition) is 7. The van der Waals surface area contributed by atoms with Gasteiger partial charge in [-0.25, -0.2) is 9.37 Å². The monoisotopic (exact) mass is 651 g/mol. The average molecular weight is 652 g/mol. The maximum Gasteiger partial charge on any atom is 0.246 e. The number of carbonyl (C=O) groups is 1. The van der Waals surface area contributed by atoms with Crippen molar-refractivity contribution in [2.45, 2.75) is 52.1 Å². The van der Waals surface area contributed by atoms with Crippen LogP contribution in [-0.4, -0.2) is 112 Å². The number of aromatic amines is 1. The third kappa shape index (κ3) is 5.24. The van der Waals surface area contributed by atoms with Crippen LogP contribution in [0.15, 0.2) is 36.7 Å². The predicted octanol–water partition coefficient (Wildman–Crippen LogP) is 5.61. The van der Waals surface area contributed by atoms with E-state index in [4.69, 9.17) is 10.1 Å². The van der Waals surface area contributed by atoms with Gasteiger partial charge in [-0.05, 0) is 103 Å². The van der Waals surface area contributed by atoms with Crippen LogP contribution in [0.5, 0.6) is 0 Å². The standard InChI is InChI=1S/C37H46FN9O/c1-22-17-29-27(18-39-42-29)32(24(22)3)31-23(2)16-26-34(33(31)38)41-36(46-20-37(4,21-46)44(7)8)28-19-40-47(35(26)28)25-11-14-45(15-12-25)30(48)10-9-13-43(5)6/h9-10,16-19,25H,11-15,20-21H2,1-8H3,(H,39,42)/b10-9+. The first-order valence-electron chi connectivity index (χ1n) is 16.8. The number of H-pyrrole nitrogens is 1. The molecule has 7 rings (SSSR count). The summed E-state index contributed by atoms with van der Waals surface area (Å²) in [6, 6.07) is 4.23. The molecule has 0 unspecified atom stereocenters. The Morgan fingerprint density at radius 3 is 2.44 bits per heavy atom. The highest BCUT2D eigenvalue weighted by molar-refractivity contribution is 6.11. The highest BCUT2D eigenvalue weighted by Gasteiger charge is 2.42. The van der Waals surface area contributed by atoms with E-state index in [1.807, 2.05) is 43.1 Å². The molecule has 2 aliphatic heterocycles. The second-order valence-corrected chi connectivity index (χ2v) is 14.6. The van der Waals surface area contributed by atoms with Gasteiger partial charge in [0.15, 0.2) is 5.82 Å². The van der Waals surface area contributed by atoms with Crippen molar-refractivity contribution in [3.63, 3.8) is 0 Å². The van der Waals surface area contributed by atoms with Crippen LogP contribution in [0.4, 0.5) is 10.2 Å². The molecule has 0 saturated carbocycles. The summed E-state index contributed by atoms with van der Waals surface area (Å²) in [7, 11) is 8.17. The Balaban J connectivity index is 1.35. The summed E-state index contributed by atoms with van der Waals surface area (Å²) in [6.07, 6.45) is 8.83. The van der Waals surface area contributed by atoms with Crippen LogP contribution in [0.3, 0.4) is 0 Å². The Bertz CT molecular complexity index is 2080. The normalized spacial score (nSPS) is 17.2. The number of anilines is 1. The van der Waals surface area contributed by atoms with Crippen molar-refractivity contribution in [3.05, 3.63) is 59.2 Å². The molecule has 11 heteroatoms. The lowest BCUT2D eigenvalue weighted by Crippen LogP contribution is -2.67. The van der Waals surface area contributed by atoms with Crippen molar-refractivity contribution >= 4 is 44.4 Å². The molecule has 252 valence electrons. The lowest BCUT2D eigenvalue weighted by atomic mass is 9.89. The number of rotatable bonds is 7. The number of benzene rings is 2. The molecule has 0 spiro atoms. The minimum absolute atomic E-state index is 0.00184. The van der Waals surface area contributed by atoms with E-state index in [0.717, 1.165) is 87.7 Å². The van der Waals surface area contributed by atoms with Crippen molar-refractivity contribution in [2.75, 3.05) is 65.8 Å². The molecular weight excluding hydrogens is 605 g/mol. The number of hydrogen-bond donors (Lipinski definition) is 1. The number of amides is 1. The third-order valence-electron chi connectivity index (χ3n) is 10.8. The number of piperidine rings is 1. The number of nitrogens with zero attached hydrogens (tertiary/aromatic N) is 8. The molecule has 1 amide bonds. The van der Waals surface area contributed by atoms with Crippen LogP contribution in [0.1, 0.15) is 42.5 Å². The molecule has 3 aromatic heterocycles. The Morgan fingerprint density at radius 2 is 1.75 bits per heavy atom. The Hall–Kier alpha value is -4.35. The number of aryl methyl sites for hydroxylation is 2. The number of likely N-dealkylation sites (N-methyl/N-ethyl adjacent to an activating group) is 2. The van der Waals surface area contributed by atoms with Gasteiger partial charge in [-0.15, -0.1) is 0 Å². The summed E-state index contributed by atoms with van der Waals surface area (Å²) >= 11 is 0. The van der Waals surface area contributed by atoms with E-state index in [0.29, 0.717) is 24.2 Å². The first-order valence-corrected chi connectivity index (χ1v) is 16.8. The molecule has 2 aliphatic rings. The van der Waals surface area contributed by atoms with Crippen molar-refractivity contribution < 1.29 is 9.18 Å². The number of halogens is 1. The van der Waals surface area contributed by atoms with Gasteiger partial charge >= 0.3 is 0 Å². The molecule has 5 aromatic rings. The molecule has 2 saturated heterocycles. The van der Waals surface area contributed by atoms with Gasteiger partial charge in [0.2, 0.25) is 5.91 Å². The van der Waals surface area contributed by atoms with E-state index in [9.17, 15) is 4.79 Å². The van der Waals surface area contributed by atoms with Crippen LogP contribution >= 0.6 is 0 Å². The Morgan fingerprint density at radius 1 is 1.02 bits per heavy atom. The van der Waals surface area contributed by atoms with E-state index in [2.05, 4.69) is 71.7 Å². The fourth-order valence-electron chi connectivity index (χ4n) is 7.50. The van der Waals surface area contributed by atoms with Crippen molar-refractivity contribution in [1.82, 2.24) is 39.7 Å². The van der Waals surface area contributed by atoms with Gasteiger partial charge < -0.3 is 19.6 Å². The van der Waals surface area contributed by atoms with Gasteiger partial charge in [-0.2, -0.15) is 10.2 Å². The summed E-state index contributed by atoms with van der Waals surface area (Å²) in [6.45, 7) is 11.9. The number of fused-ring (bicyclic) bond motifs is 4. The SMILES string of the molecule is Cc1cc2[nH]ncc2c(-c2c(C)cc3c(nc(N4CC(C)(N(C)C)C4)c4cnn(C5CCN(C(=O)/C=C/CN(C)C)CC5)c43)c2F)c1C. The third-order valence-corrected chi connectivity index (χ3v) is 10.8. The number of aromatic nitrogens is 5. The average Bonchev–Trinajstić information content (AvgIpc) is 3.68. The number of nitrogens with one attached hydrogen (secondary N) is 1. The molecule has 48 heavy (non-hydrogen) atoms. The fourth-order valence-corrected chi connectivity index (χ4v) is 7.50. The van der Waals surface area contributed by atoms with E-state index in [-0.39, 0.29) is 23.3 Å². The number of likely N-dealkylation sites (tertiary alicyclic amines) is 1. The topological polar surface area (TPSA) is 89.4 Å². The van der Waals surface area contributed by atoms with Crippen LogP contribution in [0.25, 0.3) is 43.8 Å². The van der Waals surface area contributed by atoms with E-state index in [1.165, 1.54) is 0 Å². The van der Waals surface area contributed by atoms with E-state index < -0.39 is 0 Å². The van der Waals surface area contributed by atoms with Gasteiger partial charge in [-0.1, -0.05) is 6.08 Å². The highest BCUT2D eigenvalue weighted by Crippen LogP contribution is 2.44. The van der Waals surface area contributed by atoms with Gasteiger partial charge in [0, 0.05) is 55.1 Å². The first kappa shape index (κ1) is 32.2. The lowest BCUT2D eigenvalue weighted by molar-refractivity contribution is -0.127. The lowest BCUT2D eigenvalue weighted by Gasteiger charge is -2.52. The van der Waals surface area contributed by atoms with Gasteiger partial charge in [0.1, 0.15) is 11.3 Å². The molecule has 2 fully saturated rings. The van der Waals surface area contributed by atoms with Gasteiger partial charge in [-0.3, -0.25) is 14.6 Å². The second-order valence-electron chi connectivity index (χ2n) is 14.6. The molecular formula is C37H46FN9O. The number of carbonyl (C=O) groups excluding carboxylic acids is 1. The zero-order valence-corrected chi connectivity index (χ0v) is 29.4.